The summed E-state index contributed by atoms with van der Waals surface area (Å²) in [7, 11) is -3.34. The quantitative estimate of drug-likeness (QED) is 0.386. The highest BCUT2D eigenvalue weighted by Gasteiger charge is 2.29. The van der Waals surface area contributed by atoms with Crippen LogP contribution >= 0.6 is 23.4 Å². The van der Waals surface area contributed by atoms with Gasteiger partial charge in [0.15, 0.2) is 15.0 Å². The van der Waals surface area contributed by atoms with Gasteiger partial charge in [0.1, 0.15) is 6.29 Å². The molecule has 12 heteroatoms. The number of aldehydes is 1. The molecule has 9 nitrogen and oxygen atoms in total. The molecule has 3 aromatic rings. The minimum atomic E-state index is -3.34. The van der Waals surface area contributed by atoms with Crippen LogP contribution in [0.5, 0.6) is 0 Å². The number of sulfone groups is 1. The van der Waals surface area contributed by atoms with Crippen LogP contribution in [0.3, 0.4) is 0 Å². The van der Waals surface area contributed by atoms with Gasteiger partial charge in [0.25, 0.3) is 5.91 Å². The van der Waals surface area contributed by atoms with Gasteiger partial charge in [-0.25, -0.2) is 8.42 Å². The summed E-state index contributed by atoms with van der Waals surface area (Å²) in [5.41, 5.74) is 2.47. The monoisotopic (exact) mass is 543 g/mol. The standard InChI is InChI=1S/C24H22ClN5O4S2/c1-36(33,34)19-4-3-16(20(25)10-19)12-30-21-5-2-15(8-17(21)11-27-30)9-22-23(32)28-24(35-22)29-7-6-26-18(13-29)14-31/h2-5,8-11,14,18,26H,6-7,12-13H2,1H3. The molecule has 3 heterocycles. The number of fused-ring (bicyclic) bond motifs is 1. The minimum absolute atomic E-state index is 0.172. The molecule has 0 saturated carbocycles. The number of hydrogen-bond donors (Lipinski definition) is 1. The van der Waals surface area contributed by atoms with Crippen LogP contribution in [-0.2, 0) is 26.0 Å². The Morgan fingerprint density at radius 1 is 1.25 bits per heavy atom. The summed E-state index contributed by atoms with van der Waals surface area (Å²) in [4.78, 5) is 30.5. The molecule has 2 aliphatic heterocycles. The van der Waals surface area contributed by atoms with E-state index >= 15 is 0 Å². The van der Waals surface area contributed by atoms with Crippen LogP contribution in [0.1, 0.15) is 11.1 Å². The Bertz CT molecular complexity index is 1550. The van der Waals surface area contributed by atoms with E-state index in [0.29, 0.717) is 41.3 Å². The lowest BCUT2D eigenvalue weighted by Crippen LogP contribution is -2.52. The van der Waals surface area contributed by atoms with Gasteiger partial charge < -0.3 is 15.0 Å². The number of carbonyl (C=O) groups is 2. The zero-order valence-electron chi connectivity index (χ0n) is 19.2. The van der Waals surface area contributed by atoms with Gasteiger partial charge in [-0.3, -0.25) is 9.48 Å². The second kappa shape index (κ2) is 9.81. The van der Waals surface area contributed by atoms with Crippen molar-refractivity contribution in [2.24, 2.45) is 4.99 Å². The normalized spacial score (nSPS) is 19.8. The number of piperazine rings is 1. The van der Waals surface area contributed by atoms with Crippen LogP contribution in [0.2, 0.25) is 5.02 Å². The van der Waals surface area contributed by atoms with Crippen LogP contribution in [0.15, 0.2) is 57.4 Å². The fraction of sp³-hybridized carbons (Fsp3) is 0.250. The second-order valence-corrected chi connectivity index (χ2v) is 12.0. The maximum Gasteiger partial charge on any atom is 0.286 e. The summed E-state index contributed by atoms with van der Waals surface area (Å²) in [6.07, 6.45) is 5.56. The fourth-order valence-electron chi connectivity index (χ4n) is 4.10. The molecule has 0 spiro atoms. The zero-order chi connectivity index (χ0) is 25.4. The Kier molecular flexibility index (Phi) is 6.73. The van der Waals surface area contributed by atoms with Crippen LogP contribution in [-0.4, -0.2) is 72.4 Å². The van der Waals surface area contributed by atoms with Crippen LogP contribution in [0.4, 0.5) is 0 Å². The summed E-state index contributed by atoms with van der Waals surface area (Å²) < 4.78 is 25.3. The average Bonchev–Trinajstić information content (AvgIpc) is 3.42. The predicted molar refractivity (Wildman–Crippen MR) is 141 cm³/mol. The molecule has 2 aliphatic rings. The first-order chi connectivity index (χ1) is 17.2. The van der Waals surface area contributed by atoms with E-state index in [1.165, 1.54) is 17.8 Å². The number of halogens is 1. The van der Waals surface area contributed by atoms with Gasteiger partial charge >= 0.3 is 0 Å². The number of amides is 1. The molecular formula is C24H22ClN5O4S2. The Morgan fingerprint density at radius 2 is 2.08 bits per heavy atom. The van der Waals surface area contributed by atoms with Gasteiger partial charge in [-0.15, -0.1) is 0 Å². The number of amidine groups is 1. The highest BCUT2D eigenvalue weighted by atomic mass is 35.5. The number of benzene rings is 2. The third kappa shape index (κ3) is 5.10. The first-order valence-corrected chi connectivity index (χ1v) is 14.2. The first kappa shape index (κ1) is 24.7. The molecule has 1 fully saturated rings. The van der Waals surface area contributed by atoms with Gasteiger partial charge in [0, 0.05) is 36.3 Å². The van der Waals surface area contributed by atoms with E-state index in [1.807, 2.05) is 23.1 Å². The third-order valence-corrected chi connectivity index (χ3v) is 8.49. The van der Waals surface area contributed by atoms with Gasteiger partial charge in [0.05, 0.1) is 34.1 Å². The maximum atomic E-state index is 12.5. The predicted octanol–water partition coefficient (Wildman–Crippen LogP) is 2.58. The SMILES string of the molecule is CS(=O)(=O)c1ccc(Cn2ncc3cc(C=C4SC(N5CCNC(C=O)C5)=NC4=O)ccc32)c(Cl)c1. The second-order valence-electron chi connectivity index (χ2n) is 8.60. The molecule has 36 heavy (non-hydrogen) atoms. The molecule has 1 aromatic heterocycles. The number of hydrogen-bond acceptors (Lipinski definition) is 8. The van der Waals surface area contributed by atoms with Crippen molar-refractivity contribution in [1.29, 1.82) is 0 Å². The van der Waals surface area contributed by atoms with Gasteiger partial charge in [-0.1, -0.05) is 23.7 Å². The van der Waals surface area contributed by atoms with Crippen molar-refractivity contribution in [1.82, 2.24) is 20.0 Å². The van der Waals surface area contributed by atoms with E-state index in [-0.39, 0.29) is 16.8 Å². The van der Waals surface area contributed by atoms with E-state index in [1.54, 1.807) is 29.1 Å². The van der Waals surface area contributed by atoms with E-state index in [9.17, 15) is 18.0 Å². The first-order valence-electron chi connectivity index (χ1n) is 11.1. The number of thioether (sulfide) groups is 1. The Hall–Kier alpha value is -2.99. The molecule has 5 rings (SSSR count). The van der Waals surface area contributed by atoms with Crippen molar-refractivity contribution in [3.05, 3.63) is 63.6 Å². The molecule has 0 radical (unpaired) electrons. The molecule has 1 saturated heterocycles. The van der Waals surface area contributed by atoms with E-state index in [4.69, 9.17) is 11.6 Å². The molecule has 1 unspecified atom stereocenters. The summed E-state index contributed by atoms with van der Waals surface area (Å²) >= 11 is 7.65. The lowest BCUT2D eigenvalue weighted by atomic mass is 10.1. The van der Waals surface area contributed by atoms with Gasteiger partial charge in [-0.05, 0) is 53.2 Å². The number of nitrogens with one attached hydrogen (secondary N) is 1. The summed E-state index contributed by atoms with van der Waals surface area (Å²) in [5.74, 6) is -0.292. The number of aromatic nitrogens is 2. The van der Waals surface area contributed by atoms with Crippen molar-refractivity contribution in [2.75, 3.05) is 25.9 Å². The van der Waals surface area contributed by atoms with Crippen LogP contribution in [0, 0.1) is 0 Å². The van der Waals surface area contributed by atoms with Gasteiger partial charge in [0.2, 0.25) is 0 Å². The molecule has 186 valence electrons. The largest absolute Gasteiger partial charge is 0.348 e. The van der Waals surface area contributed by atoms with Crippen molar-refractivity contribution in [3.63, 3.8) is 0 Å². The van der Waals surface area contributed by atoms with Gasteiger partial charge in [-0.2, -0.15) is 10.1 Å². The van der Waals surface area contributed by atoms with Crippen molar-refractivity contribution < 1.29 is 18.0 Å². The van der Waals surface area contributed by atoms with E-state index < -0.39 is 9.84 Å². The highest BCUT2D eigenvalue weighted by molar-refractivity contribution is 8.18. The smallest absolute Gasteiger partial charge is 0.286 e. The van der Waals surface area contributed by atoms with Crippen molar-refractivity contribution in [3.8, 4) is 0 Å². The maximum absolute atomic E-state index is 12.5. The minimum Gasteiger partial charge on any atom is -0.348 e. The van der Waals surface area contributed by atoms with Crippen molar-refractivity contribution >= 4 is 67.5 Å². The molecule has 1 N–H and O–H groups in total. The third-order valence-electron chi connectivity index (χ3n) is 5.99. The highest BCUT2D eigenvalue weighted by Crippen LogP contribution is 2.31. The topological polar surface area (TPSA) is 114 Å². The molecule has 1 amide bonds. The van der Waals surface area contributed by atoms with E-state index in [0.717, 1.165) is 34.6 Å². The molecule has 0 bridgehead atoms. The molecule has 2 aromatic carbocycles. The lowest BCUT2D eigenvalue weighted by molar-refractivity contribution is -0.113. The fourth-order valence-corrected chi connectivity index (χ4v) is 6.00. The van der Waals surface area contributed by atoms with Crippen LogP contribution in [0.25, 0.3) is 17.0 Å². The van der Waals surface area contributed by atoms with Crippen molar-refractivity contribution in [2.45, 2.75) is 17.5 Å². The number of rotatable bonds is 5. The summed E-state index contributed by atoms with van der Waals surface area (Å²) in [6.45, 7) is 2.21. The number of carbonyl (C=O) groups excluding carboxylic acids is 2. The van der Waals surface area contributed by atoms with E-state index in [2.05, 4.69) is 15.4 Å². The summed E-state index contributed by atoms with van der Waals surface area (Å²) in [6, 6.07) is 10.2. The Morgan fingerprint density at radius 3 is 2.83 bits per heavy atom. The number of nitrogens with zero attached hydrogens (tertiary/aromatic N) is 4. The molecule has 1 atom stereocenters. The average molecular weight is 544 g/mol. The Balaban J connectivity index is 1.33. The van der Waals surface area contributed by atoms with Crippen LogP contribution < -0.4 is 5.32 Å². The molecular weight excluding hydrogens is 522 g/mol. The number of aliphatic imine (C=N–C) groups is 1. The Labute approximate surface area is 217 Å². The zero-order valence-corrected chi connectivity index (χ0v) is 21.6. The lowest BCUT2D eigenvalue weighted by Gasteiger charge is -2.31. The molecule has 0 aliphatic carbocycles. The summed E-state index contributed by atoms with van der Waals surface area (Å²) in [5, 5.41) is 9.45.